The van der Waals surface area contributed by atoms with E-state index in [2.05, 4.69) is 24.9 Å². The molecule has 0 atom stereocenters. The predicted octanol–water partition coefficient (Wildman–Crippen LogP) is 5.29. The van der Waals surface area contributed by atoms with Crippen LogP contribution in [0.5, 0.6) is 0 Å². The molecule has 1 aliphatic heterocycles. The highest BCUT2D eigenvalue weighted by Crippen LogP contribution is 2.33. The maximum Gasteiger partial charge on any atom is 0.416 e. The Balaban J connectivity index is 1.73. The predicted molar refractivity (Wildman–Crippen MR) is 131 cm³/mol. The lowest BCUT2D eigenvalue weighted by molar-refractivity contribution is -0.138. The summed E-state index contributed by atoms with van der Waals surface area (Å²) in [6, 6.07) is 15.9. The molecule has 0 spiro atoms. The first kappa shape index (κ1) is 27.6. The van der Waals surface area contributed by atoms with Crippen molar-refractivity contribution in [1.82, 2.24) is 15.0 Å². The van der Waals surface area contributed by atoms with Gasteiger partial charge in [-0.2, -0.15) is 42.1 Å². The fourth-order valence-electron chi connectivity index (χ4n) is 3.94. The second-order valence-electron chi connectivity index (χ2n) is 8.57. The highest BCUT2D eigenvalue weighted by molar-refractivity contribution is 5.70. The van der Waals surface area contributed by atoms with Gasteiger partial charge < -0.3 is 0 Å². The Kier molecular flexibility index (Phi) is 6.73. The van der Waals surface area contributed by atoms with Crippen LogP contribution in [-0.4, -0.2) is 15.0 Å². The Morgan fingerprint density at radius 1 is 0.595 bits per heavy atom. The molecule has 0 radical (unpaired) electrons. The van der Waals surface area contributed by atoms with Crippen LogP contribution in [0.15, 0.2) is 82.0 Å². The highest BCUT2D eigenvalue weighted by atomic mass is 19.4. The molecule has 1 aromatic heterocycles. The lowest BCUT2D eigenvalue weighted by Gasteiger charge is -2.11. The summed E-state index contributed by atoms with van der Waals surface area (Å²) in [7, 11) is 0. The van der Waals surface area contributed by atoms with E-state index in [4.69, 9.17) is 10.5 Å². The van der Waals surface area contributed by atoms with E-state index in [1.807, 2.05) is 6.07 Å². The molecular weight excluding hydrogens is 562 g/mol. The van der Waals surface area contributed by atoms with Gasteiger partial charge in [-0.1, -0.05) is 24.3 Å². The van der Waals surface area contributed by atoms with Crippen molar-refractivity contribution in [1.29, 1.82) is 15.8 Å². The summed E-state index contributed by atoms with van der Waals surface area (Å²) >= 11 is 0. The zero-order chi connectivity index (χ0) is 30.2. The molecule has 0 bridgehead atoms. The summed E-state index contributed by atoms with van der Waals surface area (Å²) in [5.41, 5.74) is -1.95. The Hall–Kier alpha value is -5.94. The molecule has 0 unspecified atom stereocenters. The van der Waals surface area contributed by atoms with Crippen LogP contribution in [0.3, 0.4) is 0 Å². The minimum Gasteiger partial charge on any atom is -0.225 e. The van der Waals surface area contributed by atoms with E-state index in [0.29, 0.717) is 0 Å². The second-order valence-corrected chi connectivity index (χ2v) is 8.57. The molecule has 5 rings (SSSR count). The molecule has 0 aliphatic carbocycles. The number of nitrogens with zero attached hydrogens (tertiary/aromatic N) is 8. The van der Waals surface area contributed by atoms with Gasteiger partial charge >= 0.3 is 12.4 Å². The van der Waals surface area contributed by atoms with Gasteiger partial charge in [-0.3, -0.25) is 0 Å². The quantitative estimate of drug-likeness (QED) is 0.242. The Labute approximate surface area is 231 Å². The molecule has 0 saturated heterocycles. The smallest absolute Gasteiger partial charge is 0.225 e. The molecule has 3 aromatic carbocycles. The normalized spacial score (nSPS) is 12.3. The summed E-state index contributed by atoms with van der Waals surface area (Å²) in [5, 5.41) is 28.5. The summed E-state index contributed by atoms with van der Waals surface area (Å²) in [6.07, 6.45) is -9.20. The van der Waals surface area contributed by atoms with Crippen molar-refractivity contribution in [2.24, 2.45) is 9.98 Å². The van der Waals surface area contributed by atoms with E-state index >= 15 is 0 Å². The number of hydrogen-bond acceptors (Lipinski definition) is 8. The molecule has 0 saturated carbocycles. The summed E-state index contributed by atoms with van der Waals surface area (Å²) < 4.78 is 78.7. The lowest BCUT2D eigenvalue weighted by Crippen LogP contribution is -2.25. The first-order chi connectivity index (χ1) is 19.9. The minimum atomic E-state index is -4.60. The Morgan fingerprint density at radius 2 is 1.07 bits per heavy atom. The zero-order valence-corrected chi connectivity index (χ0v) is 20.6. The molecular formula is C28H10F6N8. The van der Waals surface area contributed by atoms with Crippen LogP contribution in [0.4, 0.5) is 26.3 Å². The van der Waals surface area contributed by atoms with Crippen LogP contribution in [-0.2, 0) is 12.4 Å². The SMILES string of the molecule is N#CC(C#N)=C1N=c2ccc(-c3nc(-c4ccc(C(F)(F)F)cc4)nc(-c4ccc(C(F)(F)F)cc4)n3)c(C#N)c2=N1. The monoisotopic (exact) mass is 572 g/mol. The summed E-state index contributed by atoms with van der Waals surface area (Å²) in [5.74, 6) is -0.573. The van der Waals surface area contributed by atoms with Crippen LogP contribution in [0.1, 0.15) is 16.7 Å². The van der Waals surface area contributed by atoms with E-state index in [-0.39, 0.29) is 61.8 Å². The number of fused-ring (bicyclic) bond motifs is 1. The van der Waals surface area contributed by atoms with Crippen molar-refractivity contribution < 1.29 is 26.3 Å². The minimum absolute atomic E-state index is 0.0283. The van der Waals surface area contributed by atoms with Gasteiger partial charge in [0.2, 0.25) is 0 Å². The topological polar surface area (TPSA) is 135 Å². The zero-order valence-electron chi connectivity index (χ0n) is 20.6. The molecule has 0 amide bonds. The van der Waals surface area contributed by atoms with Gasteiger partial charge in [-0.25, -0.2) is 24.9 Å². The van der Waals surface area contributed by atoms with Gasteiger partial charge in [-0.15, -0.1) is 0 Å². The summed E-state index contributed by atoms with van der Waals surface area (Å²) in [6.45, 7) is 0. The van der Waals surface area contributed by atoms with Crippen molar-refractivity contribution in [3.63, 3.8) is 0 Å². The molecule has 0 fully saturated rings. The van der Waals surface area contributed by atoms with Crippen LogP contribution in [0.2, 0.25) is 0 Å². The molecule has 2 heterocycles. The number of nitriles is 3. The lowest BCUT2D eigenvalue weighted by atomic mass is 10.1. The van der Waals surface area contributed by atoms with E-state index in [9.17, 15) is 31.6 Å². The summed E-state index contributed by atoms with van der Waals surface area (Å²) in [4.78, 5) is 21.2. The first-order valence-corrected chi connectivity index (χ1v) is 11.6. The fourth-order valence-corrected chi connectivity index (χ4v) is 3.94. The van der Waals surface area contributed by atoms with E-state index in [1.54, 1.807) is 12.1 Å². The molecule has 1 aliphatic rings. The Morgan fingerprint density at radius 3 is 1.50 bits per heavy atom. The molecule has 0 N–H and O–H groups in total. The van der Waals surface area contributed by atoms with Crippen LogP contribution in [0, 0.1) is 34.0 Å². The van der Waals surface area contributed by atoms with Crippen molar-refractivity contribution in [3.05, 3.63) is 99.5 Å². The largest absolute Gasteiger partial charge is 0.416 e. The van der Waals surface area contributed by atoms with Gasteiger partial charge in [0, 0.05) is 16.7 Å². The number of hydrogen-bond donors (Lipinski definition) is 0. The van der Waals surface area contributed by atoms with Crippen LogP contribution in [0.25, 0.3) is 34.2 Å². The van der Waals surface area contributed by atoms with Gasteiger partial charge in [0.15, 0.2) is 28.9 Å². The average Bonchev–Trinajstić information content (AvgIpc) is 3.40. The number of halogens is 6. The van der Waals surface area contributed by atoms with Gasteiger partial charge in [0.05, 0.1) is 22.0 Å². The maximum atomic E-state index is 13.1. The highest BCUT2D eigenvalue weighted by Gasteiger charge is 2.31. The number of benzene rings is 3. The molecule has 204 valence electrons. The third-order valence-corrected chi connectivity index (χ3v) is 5.98. The van der Waals surface area contributed by atoms with Crippen molar-refractivity contribution in [2.45, 2.75) is 12.4 Å². The average molecular weight is 572 g/mol. The number of alkyl halides is 6. The first-order valence-electron chi connectivity index (χ1n) is 11.6. The van der Waals surface area contributed by atoms with E-state index in [0.717, 1.165) is 48.5 Å². The third-order valence-electron chi connectivity index (χ3n) is 5.98. The third kappa shape index (κ3) is 5.15. The van der Waals surface area contributed by atoms with Crippen molar-refractivity contribution in [2.75, 3.05) is 0 Å². The van der Waals surface area contributed by atoms with Crippen molar-refractivity contribution in [3.8, 4) is 52.4 Å². The number of rotatable bonds is 3. The van der Waals surface area contributed by atoms with E-state index in [1.165, 1.54) is 12.1 Å². The molecule has 42 heavy (non-hydrogen) atoms. The second kappa shape index (κ2) is 10.2. The van der Waals surface area contributed by atoms with E-state index < -0.39 is 23.5 Å². The van der Waals surface area contributed by atoms with Gasteiger partial charge in [-0.05, 0) is 36.4 Å². The number of allylic oxidation sites excluding steroid dienone is 1. The van der Waals surface area contributed by atoms with Crippen LogP contribution < -0.4 is 10.7 Å². The Bertz CT molecular complexity index is 1930. The number of aromatic nitrogens is 3. The van der Waals surface area contributed by atoms with Crippen LogP contribution >= 0.6 is 0 Å². The van der Waals surface area contributed by atoms with Crippen molar-refractivity contribution >= 4 is 0 Å². The standard InChI is InChI=1S/C28H10F6N8/c29-27(30,31)17-5-1-14(2-6-17)23-40-24(15-3-7-18(8-4-15)28(32,33)34)42-26(41-23)19-9-10-21-22(20(19)13-37)39-25(38-21)16(11-35)12-36/h1-10H. The molecule has 4 aromatic rings. The molecule has 8 nitrogen and oxygen atoms in total. The van der Waals surface area contributed by atoms with Gasteiger partial charge in [0.1, 0.15) is 23.6 Å². The fraction of sp³-hybridized carbons (Fsp3) is 0.0714. The maximum absolute atomic E-state index is 13.1. The van der Waals surface area contributed by atoms with Gasteiger partial charge in [0.25, 0.3) is 0 Å². The molecule has 14 heteroatoms.